The van der Waals surface area contributed by atoms with Gasteiger partial charge in [0.25, 0.3) is 0 Å². The average Bonchev–Trinajstić information content (AvgIpc) is 2.74. The zero-order valence-corrected chi connectivity index (χ0v) is 10.7. The van der Waals surface area contributed by atoms with Crippen molar-refractivity contribution in [3.05, 3.63) is 52.9 Å². The number of nitrogens with one attached hydrogen (secondary N) is 1. The molecular weight excluding hydrogens is 266 g/mol. The van der Waals surface area contributed by atoms with Crippen LogP contribution in [-0.4, -0.2) is 6.04 Å². The minimum Gasteiger partial charge on any atom is -0.469 e. The maximum absolute atomic E-state index is 5.32. The van der Waals surface area contributed by atoms with Crippen LogP contribution in [0.3, 0.4) is 0 Å². The van der Waals surface area contributed by atoms with E-state index in [-0.39, 0.29) is 0 Å². The first-order chi connectivity index (χ1) is 7.75. The second-order valence-electron chi connectivity index (χ2n) is 3.81. The highest BCUT2D eigenvalue weighted by molar-refractivity contribution is 9.10. The maximum Gasteiger partial charge on any atom is 0.105 e. The summed E-state index contributed by atoms with van der Waals surface area (Å²) in [5.41, 5.74) is 1.11. The van der Waals surface area contributed by atoms with Gasteiger partial charge in [0.15, 0.2) is 0 Å². The monoisotopic (exact) mass is 279 g/mol. The normalized spacial score (nSPS) is 12.4. The summed E-state index contributed by atoms with van der Waals surface area (Å²) in [5, 5.41) is 3.44. The van der Waals surface area contributed by atoms with Gasteiger partial charge in [-0.25, -0.2) is 0 Å². The molecule has 0 spiro atoms. The van der Waals surface area contributed by atoms with Crippen molar-refractivity contribution in [2.45, 2.75) is 19.4 Å². The summed E-state index contributed by atoms with van der Waals surface area (Å²) in [6.45, 7) is 2.14. The molecule has 0 saturated heterocycles. The molecule has 1 aromatic carbocycles. The molecule has 0 aliphatic rings. The molecule has 16 heavy (non-hydrogen) atoms. The average molecular weight is 280 g/mol. The van der Waals surface area contributed by atoms with E-state index in [1.165, 1.54) is 0 Å². The standard InChI is InChI=1S/C13H14BrNO/c1-10(9-11-5-4-8-16-11)15-13-7-3-2-6-12(13)14/h2-8,10,15H,9H2,1H3. The Bertz CT molecular complexity index is 439. The van der Waals surface area contributed by atoms with Crippen molar-refractivity contribution in [1.29, 1.82) is 0 Å². The number of para-hydroxylation sites is 1. The molecule has 3 heteroatoms. The van der Waals surface area contributed by atoms with Crippen LogP contribution >= 0.6 is 15.9 Å². The van der Waals surface area contributed by atoms with Gasteiger partial charge in [0.2, 0.25) is 0 Å². The molecule has 0 saturated carbocycles. The number of hydrogen-bond acceptors (Lipinski definition) is 2. The van der Waals surface area contributed by atoms with Crippen LogP contribution in [0, 0.1) is 0 Å². The zero-order valence-electron chi connectivity index (χ0n) is 9.11. The lowest BCUT2D eigenvalue weighted by atomic mass is 10.2. The number of halogens is 1. The van der Waals surface area contributed by atoms with Gasteiger partial charge < -0.3 is 9.73 Å². The van der Waals surface area contributed by atoms with Crippen LogP contribution in [0.2, 0.25) is 0 Å². The van der Waals surface area contributed by atoms with Crippen LogP contribution in [0.1, 0.15) is 12.7 Å². The Morgan fingerprint density at radius 1 is 1.25 bits per heavy atom. The molecule has 0 radical (unpaired) electrons. The lowest BCUT2D eigenvalue weighted by Crippen LogP contribution is -2.17. The van der Waals surface area contributed by atoms with Gasteiger partial charge >= 0.3 is 0 Å². The Morgan fingerprint density at radius 2 is 2.06 bits per heavy atom. The summed E-state index contributed by atoms with van der Waals surface area (Å²) in [6, 6.07) is 12.4. The molecule has 0 fully saturated rings. The zero-order chi connectivity index (χ0) is 11.4. The third-order valence-electron chi connectivity index (χ3n) is 2.36. The van der Waals surface area contributed by atoms with Crippen LogP contribution in [-0.2, 0) is 6.42 Å². The highest BCUT2D eigenvalue weighted by Gasteiger charge is 2.06. The molecule has 0 aliphatic heterocycles. The third kappa shape index (κ3) is 2.89. The van der Waals surface area contributed by atoms with Crippen molar-refractivity contribution in [1.82, 2.24) is 0 Å². The second-order valence-corrected chi connectivity index (χ2v) is 4.66. The summed E-state index contributed by atoms with van der Waals surface area (Å²) in [5.74, 6) is 1.01. The van der Waals surface area contributed by atoms with E-state index in [9.17, 15) is 0 Å². The highest BCUT2D eigenvalue weighted by atomic mass is 79.9. The van der Waals surface area contributed by atoms with E-state index in [4.69, 9.17) is 4.42 Å². The smallest absolute Gasteiger partial charge is 0.105 e. The number of rotatable bonds is 4. The number of hydrogen-bond donors (Lipinski definition) is 1. The number of anilines is 1. The first-order valence-corrected chi connectivity index (χ1v) is 6.08. The van der Waals surface area contributed by atoms with Gasteiger partial charge in [-0.15, -0.1) is 0 Å². The summed E-state index contributed by atoms with van der Waals surface area (Å²) >= 11 is 3.52. The number of furan rings is 1. The van der Waals surface area contributed by atoms with Crippen LogP contribution in [0.4, 0.5) is 5.69 Å². The van der Waals surface area contributed by atoms with Crippen molar-refractivity contribution in [2.75, 3.05) is 5.32 Å². The Morgan fingerprint density at radius 3 is 2.75 bits per heavy atom. The topological polar surface area (TPSA) is 25.2 Å². The molecular formula is C13H14BrNO. The molecule has 1 atom stereocenters. The quantitative estimate of drug-likeness (QED) is 0.912. The molecule has 0 amide bonds. The van der Waals surface area contributed by atoms with Crippen LogP contribution in [0.15, 0.2) is 51.6 Å². The van der Waals surface area contributed by atoms with Gasteiger partial charge in [-0.3, -0.25) is 0 Å². The first-order valence-electron chi connectivity index (χ1n) is 5.29. The largest absolute Gasteiger partial charge is 0.469 e. The van der Waals surface area contributed by atoms with Crippen molar-refractivity contribution in [3.8, 4) is 0 Å². The van der Waals surface area contributed by atoms with Crippen molar-refractivity contribution in [3.63, 3.8) is 0 Å². The van der Waals surface area contributed by atoms with Crippen molar-refractivity contribution in [2.24, 2.45) is 0 Å². The molecule has 2 aromatic rings. The summed E-state index contributed by atoms with van der Waals surface area (Å²) in [7, 11) is 0. The van der Waals surface area contributed by atoms with Gasteiger partial charge in [-0.2, -0.15) is 0 Å². The molecule has 1 unspecified atom stereocenters. The maximum atomic E-state index is 5.32. The van der Waals surface area contributed by atoms with E-state index in [1.54, 1.807) is 6.26 Å². The van der Waals surface area contributed by atoms with Gasteiger partial charge in [0.05, 0.1) is 6.26 Å². The third-order valence-corrected chi connectivity index (χ3v) is 3.05. The van der Waals surface area contributed by atoms with Crippen molar-refractivity contribution < 1.29 is 4.42 Å². The van der Waals surface area contributed by atoms with Crippen LogP contribution in [0.5, 0.6) is 0 Å². The fraction of sp³-hybridized carbons (Fsp3) is 0.231. The van der Waals surface area contributed by atoms with Gasteiger partial charge in [-0.1, -0.05) is 12.1 Å². The Hall–Kier alpha value is -1.22. The lowest BCUT2D eigenvalue weighted by molar-refractivity contribution is 0.498. The predicted octanol–water partition coefficient (Wildman–Crippen LogP) is 4.09. The van der Waals surface area contributed by atoms with Gasteiger partial charge in [-0.05, 0) is 47.1 Å². The lowest BCUT2D eigenvalue weighted by Gasteiger charge is -2.15. The summed E-state index contributed by atoms with van der Waals surface area (Å²) in [6.07, 6.45) is 2.59. The minimum absolute atomic E-state index is 0.338. The highest BCUT2D eigenvalue weighted by Crippen LogP contribution is 2.22. The van der Waals surface area contributed by atoms with E-state index in [0.29, 0.717) is 6.04 Å². The fourth-order valence-corrected chi connectivity index (χ4v) is 2.02. The Labute approximate surface area is 104 Å². The minimum atomic E-state index is 0.338. The van der Waals surface area contributed by atoms with Gasteiger partial charge in [0.1, 0.15) is 5.76 Å². The Balaban J connectivity index is 1.97. The van der Waals surface area contributed by atoms with Crippen LogP contribution in [0.25, 0.3) is 0 Å². The molecule has 0 bridgehead atoms. The predicted molar refractivity (Wildman–Crippen MR) is 69.6 cm³/mol. The molecule has 0 aliphatic carbocycles. The second kappa shape index (κ2) is 5.21. The van der Waals surface area contributed by atoms with E-state index < -0.39 is 0 Å². The fourth-order valence-electron chi connectivity index (χ4n) is 1.63. The summed E-state index contributed by atoms with van der Waals surface area (Å²) in [4.78, 5) is 0. The Kier molecular flexibility index (Phi) is 3.67. The van der Waals surface area contributed by atoms with E-state index in [2.05, 4.69) is 34.2 Å². The number of benzene rings is 1. The van der Waals surface area contributed by atoms with E-state index in [0.717, 1.165) is 22.3 Å². The molecule has 84 valence electrons. The van der Waals surface area contributed by atoms with Gasteiger partial charge in [0, 0.05) is 22.6 Å². The molecule has 1 aromatic heterocycles. The van der Waals surface area contributed by atoms with E-state index in [1.807, 2.05) is 30.3 Å². The molecule has 1 heterocycles. The molecule has 2 nitrogen and oxygen atoms in total. The SMILES string of the molecule is CC(Cc1ccco1)Nc1ccccc1Br. The molecule has 2 rings (SSSR count). The molecule has 1 N–H and O–H groups in total. The summed E-state index contributed by atoms with van der Waals surface area (Å²) < 4.78 is 6.40. The first kappa shape index (κ1) is 11.3. The van der Waals surface area contributed by atoms with Crippen molar-refractivity contribution >= 4 is 21.6 Å². The van der Waals surface area contributed by atoms with Crippen LogP contribution < -0.4 is 5.32 Å². The van der Waals surface area contributed by atoms with E-state index >= 15 is 0 Å².